The number of thioether (sulfide) groups is 1. The van der Waals surface area contributed by atoms with Gasteiger partial charge < -0.3 is 4.98 Å². The molecule has 3 aromatic rings. The molecule has 36 heavy (non-hydrogen) atoms. The second-order valence-corrected chi connectivity index (χ2v) is 15.0. The Morgan fingerprint density at radius 3 is 2.58 bits per heavy atom. The number of sulfonamides is 1. The summed E-state index contributed by atoms with van der Waals surface area (Å²) in [7, 11) is -4.44. The lowest BCUT2D eigenvalue weighted by Gasteiger charge is -2.37. The second-order valence-electron chi connectivity index (χ2n) is 9.37. The zero-order valence-corrected chi connectivity index (χ0v) is 23.4. The van der Waals surface area contributed by atoms with E-state index in [4.69, 9.17) is 4.99 Å². The number of rotatable bonds is 8. The first-order valence-corrected chi connectivity index (χ1v) is 16.1. The van der Waals surface area contributed by atoms with Crippen molar-refractivity contribution in [2.45, 2.75) is 15.9 Å². The first-order chi connectivity index (χ1) is 17.1. The van der Waals surface area contributed by atoms with Gasteiger partial charge in [-0.3, -0.25) is 19.1 Å². The van der Waals surface area contributed by atoms with Gasteiger partial charge in [0.25, 0.3) is 10.0 Å². The fraction of sp³-hybridized carbons (Fsp3) is 0.435. The molecule has 1 saturated heterocycles. The quantitative estimate of drug-likeness (QED) is 0.403. The van der Waals surface area contributed by atoms with Gasteiger partial charge in [-0.25, -0.2) is 16.8 Å². The Morgan fingerprint density at radius 1 is 1.14 bits per heavy atom. The van der Waals surface area contributed by atoms with Crippen LogP contribution in [0.5, 0.6) is 0 Å². The topological polar surface area (TPSA) is 106 Å². The third-order valence-corrected chi connectivity index (χ3v) is 11.6. The van der Waals surface area contributed by atoms with Crippen molar-refractivity contribution >= 4 is 65.5 Å². The van der Waals surface area contributed by atoms with Crippen LogP contribution in [0.2, 0.25) is 0 Å². The maximum Gasteiger partial charge on any atom is 0.273 e. The number of H-pyrrole nitrogens is 1. The predicted octanol–water partition coefficient (Wildman–Crippen LogP) is 2.49. The van der Waals surface area contributed by atoms with E-state index >= 15 is 0 Å². The van der Waals surface area contributed by atoms with Crippen LogP contribution in [0, 0.1) is 0 Å². The number of anilines is 1. The van der Waals surface area contributed by atoms with Crippen LogP contribution in [0.15, 0.2) is 51.0 Å². The summed E-state index contributed by atoms with van der Waals surface area (Å²) in [6.45, 7) is 6.97. The van der Waals surface area contributed by atoms with Gasteiger partial charge in [0.1, 0.15) is 9.25 Å². The van der Waals surface area contributed by atoms with E-state index in [1.165, 1.54) is 15.6 Å². The Bertz CT molecular complexity index is 1450. The van der Waals surface area contributed by atoms with Gasteiger partial charge in [0.05, 0.1) is 34.1 Å². The summed E-state index contributed by atoms with van der Waals surface area (Å²) < 4.78 is 49.8. The molecular weight excluding hydrogens is 539 g/mol. The van der Waals surface area contributed by atoms with Crippen LogP contribution in [0.3, 0.4) is 0 Å². The average molecular weight is 568 g/mol. The van der Waals surface area contributed by atoms with E-state index in [-0.39, 0.29) is 10.6 Å². The molecular formula is C23H29N5O4S4. The lowest BCUT2D eigenvalue weighted by atomic mass is 10.1. The van der Waals surface area contributed by atoms with Crippen molar-refractivity contribution in [3.63, 3.8) is 0 Å². The van der Waals surface area contributed by atoms with Crippen LogP contribution in [0.25, 0.3) is 10.9 Å². The summed E-state index contributed by atoms with van der Waals surface area (Å²) in [5, 5.41) is 3.61. The van der Waals surface area contributed by atoms with Crippen molar-refractivity contribution in [3.05, 3.63) is 47.5 Å². The van der Waals surface area contributed by atoms with Crippen molar-refractivity contribution in [1.82, 2.24) is 14.8 Å². The minimum absolute atomic E-state index is 0.0827. The molecule has 1 unspecified atom stereocenters. The Hall–Kier alpha value is -1.90. The zero-order chi connectivity index (χ0) is 25.5. The van der Waals surface area contributed by atoms with Crippen molar-refractivity contribution in [2.75, 3.05) is 56.5 Å². The molecule has 0 bridgehead atoms. The number of nitrogens with one attached hydrogen (secondary N) is 1. The Balaban J connectivity index is 1.30. The molecule has 0 amide bonds. The first kappa shape index (κ1) is 25.7. The molecule has 1 N–H and O–H groups in total. The van der Waals surface area contributed by atoms with Gasteiger partial charge in [-0.15, -0.1) is 11.3 Å². The monoisotopic (exact) mass is 567 g/mol. The summed E-state index contributed by atoms with van der Waals surface area (Å²) in [6.07, 6.45) is 0. The van der Waals surface area contributed by atoms with Gasteiger partial charge in [0.15, 0.2) is 10.7 Å². The molecule has 5 rings (SSSR count). The Kier molecular flexibility index (Phi) is 7.22. The number of hydrogen-bond donors (Lipinski definition) is 2. The van der Waals surface area contributed by atoms with E-state index in [1.54, 1.807) is 36.3 Å². The molecule has 13 heteroatoms. The number of benzene rings is 1. The van der Waals surface area contributed by atoms with E-state index in [2.05, 4.69) is 16.8 Å². The van der Waals surface area contributed by atoms with Crippen molar-refractivity contribution in [2.24, 2.45) is 4.99 Å². The predicted molar refractivity (Wildman–Crippen MR) is 149 cm³/mol. The van der Waals surface area contributed by atoms with Crippen LogP contribution in [0.1, 0.15) is 12.6 Å². The van der Waals surface area contributed by atoms with Crippen molar-refractivity contribution < 1.29 is 16.8 Å². The highest BCUT2D eigenvalue weighted by Gasteiger charge is 2.36. The van der Waals surface area contributed by atoms with Crippen molar-refractivity contribution in [3.8, 4) is 0 Å². The highest BCUT2D eigenvalue weighted by molar-refractivity contribution is 8.15. The fourth-order valence-electron chi connectivity index (χ4n) is 4.68. The van der Waals surface area contributed by atoms with E-state index < -0.39 is 20.7 Å². The minimum Gasteiger partial charge on any atom is -0.351 e. The molecule has 1 aromatic carbocycles. The molecule has 0 aliphatic carbocycles. The number of hydrogen-bond acceptors (Lipinski definition) is 9. The Morgan fingerprint density at radius 2 is 1.89 bits per heavy atom. The maximum absolute atomic E-state index is 13.1. The van der Waals surface area contributed by atoms with Gasteiger partial charge in [0.2, 0.25) is 0 Å². The minimum atomic E-state index is -3.64. The number of aromatic amines is 1. The van der Waals surface area contributed by atoms with Crippen LogP contribution in [0.4, 0.5) is 5.69 Å². The first-order valence-electron chi connectivity index (χ1n) is 11.6. The summed E-state index contributed by atoms with van der Waals surface area (Å²) in [5.41, 5.74) is 2.24. The average Bonchev–Trinajstić information content (AvgIpc) is 3.59. The number of thiol groups is 1. The molecule has 0 spiro atoms. The zero-order valence-electron chi connectivity index (χ0n) is 20.1. The number of thiophene rings is 1. The van der Waals surface area contributed by atoms with Crippen molar-refractivity contribution in [1.29, 1.82) is 0 Å². The number of nitrogens with zero attached hydrogens (tertiary/aromatic N) is 4. The summed E-state index contributed by atoms with van der Waals surface area (Å²) in [4.78, 5) is 12.6. The van der Waals surface area contributed by atoms with Gasteiger partial charge in [-0.1, -0.05) is 30.0 Å². The lowest BCUT2D eigenvalue weighted by molar-refractivity contribution is 0.140. The number of piperazine rings is 1. The van der Waals surface area contributed by atoms with Crippen LogP contribution < -0.4 is 4.31 Å². The number of aromatic nitrogens is 1. The Labute approximate surface area is 221 Å². The standard InChI is InChI=1S/C23H29N5O4S4/c1-23(15-27-8-10-28(11-9-27)16-35(29)30)14-24-22(34-23)18-13-17-5-3-6-19(21(17)25-18)26(2)36(31,32)20-7-4-12-33-20/h3-7,12-13,25,35H,8-11,14-16H2,1-2H3. The van der Waals surface area contributed by atoms with E-state index in [0.717, 1.165) is 54.4 Å². The summed E-state index contributed by atoms with van der Waals surface area (Å²) in [6, 6.07) is 11.0. The summed E-state index contributed by atoms with van der Waals surface area (Å²) in [5.74, 6) is 0.134. The van der Waals surface area contributed by atoms with E-state index in [1.807, 2.05) is 29.2 Å². The van der Waals surface area contributed by atoms with E-state index in [0.29, 0.717) is 16.4 Å². The molecule has 0 saturated carbocycles. The van der Waals surface area contributed by atoms with Gasteiger partial charge in [-0.05, 0) is 30.5 Å². The highest BCUT2D eigenvalue weighted by Crippen LogP contribution is 2.38. The number of para-hydroxylation sites is 1. The number of aliphatic imine (C=N–C) groups is 1. The molecule has 2 aromatic heterocycles. The van der Waals surface area contributed by atoms with Gasteiger partial charge in [0, 0.05) is 45.2 Å². The third-order valence-electron chi connectivity index (χ3n) is 6.55. The molecule has 2 aliphatic heterocycles. The lowest BCUT2D eigenvalue weighted by Crippen LogP contribution is -2.50. The van der Waals surface area contributed by atoms with Crippen LogP contribution in [-0.4, -0.2) is 93.6 Å². The molecule has 9 nitrogen and oxygen atoms in total. The van der Waals surface area contributed by atoms with Crippen LogP contribution in [-0.2, 0) is 20.7 Å². The smallest absolute Gasteiger partial charge is 0.273 e. The van der Waals surface area contributed by atoms with Gasteiger partial charge in [-0.2, -0.15) is 0 Å². The fourth-order valence-corrected chi connectivity index (χ4v) is 8.85. The molecule has 4 heterocycles. The highest BCUT2D eigenvalue weighted by atomic mass is 32.2. The normalized spacial score (nSPS) is 21.9. The third kappa shape index (κ3) is 5.22. The summed E-state index contributed by atoms with van der Waals surface area (Å²) >= 11 is 2.95. The maximum atomic E-state index is 13.1. The largest absolute Gasteiger partial charge is 0.351 e. The van der Waals surface area contributed by atoms with Crippen LogP contribution >= 0.6 is 23.1 Å². The molecule has 1 fully saturated rings. The molecule has 1 atom stereocenters. The second kappa shape index (κ2) is 10.1. The molecule has 0 radical (unpaired) electrons. The van der Waals surface area contributed by atoms with E-state index in [9.17, 15) is 16.8 Å². The SMILES string of the molecule is CN(c1cccc2cc(C3=NCC(C)(CN4CCN(C[SH](=O)=O)CC4)S3)[nH]c12)S(=O)(=O)c1cccs1. The molecule has 194 valence electrons. The molecule has 2 aliphatic rings. The number of fused-ring (bicyclic) bond motifs is 1. The van der Waals surface area contributed by atoms with Gasteiger partial charge >= 0.3 is 0 Å².